The first-order valence-corrected chi connectivity index (χ1v) is 7.52. The van der Waals surface area contributed by atoms with Gasteiger partial charge in [-0.25, -0.2) is 4.98 Å². The van der Waals surface area contributed by atoms with Gasteiger partial charge in [-0.15, -0.1) is 0 Å². The van der Waals surface area contributed by atoms with Gasteiger partial charge in [0.05, 0.1) is 23.5 Å². The molecule has 1 aliphatic heterocycles. The second kappa shape index (κ2) is 6.44. The summed E-state index contributed by atoms with van der Waals surface area (Å²) in [5.41, 5.74) is 0.956. The molecule has 1 aromatic carbocycles. The predicted octanol–water partition coefficient (Wildman–Crippen LogP) is 2.31. The fourth-order valence-corrected chi connectivity index (χ4v) is 3.03. The molecule has 5 heteroatoms. The molecule has 1 saturated heterocycles. The number of nitrogens with zero attached hydrogens (tertiary/aromatic N) is 4. The molecular formula is C17H18N4O. The smallest absolute Gasteiger partial charge is 0.255 e. The van der Waals surface area contributed by atoms with Crippen LogP contribution in [0.2, 0.25) is 0 Å². The maximum Gasteiger partial charge on any atom is 0.255 e. The Morgan fingerprint density at radius 2 is 2.27 bits per heavy atom. The second-order valence-corrected chi connectivity index (χ2v) is 5.68. The third-order valence-corrected chi connectivity index (χ3v) is 4.11. The Morgan fingerprint density at radius 1 is 1.41 bits per heavy atom. The lowest BCUT2D eigenvalue weighted by Crippen LogP contribution is -2.41. The molecule has 0 radical (unpaired) electrons. The van der Waals surface area contributed by atoms with Gasteiger partial charge < -0.3 is 9.47 Å². The van der Waals surface area contributed by atoms with Crippen molar-refractivity contribution in [3.8, 4) is 6.07 Å². The number of nitriles is 1. The van der Waals surface area contributed by atoms with Gasteiger partial charge in [0.1, 0.15) is 0 Å². The van der Waals surface area contributed by atoms with Crippen molar-refractivity contribution in [3.05, 3.63) is 54.1 Å². The zero-order valence-corrected chi connectivity index (χ0v) is 12.4. The van der Waals surface area contributed by atoms with Gasteiger partial charge in [-0.1, -0.05) is 12.1 Å². The van der Waals surface area contributed by atoms with E-state index in [1.165, 1.54) is 0 Å². The van der Waals surface area contributed by atoms with E-state index in [0.29, 0.717) is 17.0 Å². The summed E-state index contributed by atoms with van der Waals surface area (Å²) in [5, 5.41) is 9.16. The molecule has 1 aliphatic rings. The molecule has 0 aliphatic carbocycles. The Balaban J connectivity index is 1.71. The lowest BCUT2D eigenvalue weighted by molar-refractivity contribution is 0.0662. The van der Waals surface area contributed by atoms with Crippen LogP contribution in [0.15, 0.2) is 43.0 Å². The predicted molar refractivity (Wildman–Crippen MR) is 82.0 cm³/mol. The van der Waals surface area contributed by atoms with E-state index < -0.39 is 0 Å². The van der Waals surface area contributed by atoms with Gasteiger partial charge in [0.15, 0.2) is 0 Å². The number of rotatable bonds is 3. The Labute approximate surface area is 129 Å². The second-order valence-electron chi connectivity index (χ2n) is 5.68. The summed E-state index contributed by atoms with van der Waals surface area (Å²) in [5.74, 6) is 0.397. The van der Waals surface area contributed by atoms with Gasteiger partial charge >= 0.3 is 0 Å². The number of likely N-dealkylation sites (tertiary alicyclic amines) is 1. The van der Waals surface area contributed by atoms with Crippen molar-refractivity contribution in [3.63, 3.8) is 0 Å². The highest BCUT2D eigenvalue weighted by atomic mass is 16.2. The number of hydrogen-bond acceptors (Lipinski definition) is 3. The Bertz CT molecular complexity index is 687. The van der Waals surface area contributed by atoms with E-state index in [-0.39, 0.29) is 5.91 Å². The van der Waals surface area contributed by atoms with Gasteiger partial charge in [0.2, 0.25) is 0 Å². The lowest BCUT2D eigenvalue weighted by Gasteiger charge is -2.33. The summed E-state index contributed by atoms with van der Waals surface area (Å²) in [7, 11) is 0. The highest BCUT2D eigenvalue weighted by Gasteiger charge is 2.25. The van der Waals surface area contributed by atoms with E-state index in [9.17, 15) is 4.79 Å². The van der Waals surface area contributed by atoms with Crippen molar-refractivity contribution < 1.29 is 4.79 Å². The first kappa shape index (κ1) is 14.3. The molecular weight excluding hydrogens is 276 g/mol. The lowest BCUT2D eigenvalue weighted by atomic mass is 9.96. The minimum absolute atomic E-state index is 0.0347. The number of carbonyl (C=O) groups excluding carboxylic acids is 1. The fraction of sp³-hybridized carbons (Fsp3) is 0.353. The van der Waals surface area contributed by atoms with Crippen molar-refractivity contribution in [2.24, 2.45) is 5.92 Å². The summed E-state index contributed by atoms with van der Waals surface area (Å²) in [6.45, 7) is 2.37. The van der Waals surface area contributed by atoms with Gasteiger partial charge in [0.25, 0.3) is 5.91 Å². The summed E-state index contributed by atoms with van der Waals surface area (Å²) >= 11 is 0. The summed E-state index contributed by atoms with van der Waals surface area (Å²) in [6.07, 6.45) is 7.65. The molecule has 1 aromatic heterocycles. The van der Waals surface area contributed by atoms with E-state index in [4.69, 9.17) is 5.26 Å². The minimum Gasteiger partial charge on any atom is -0.338 e. The average molecular weight is 294 g/mol. The van der Waals surface area contributed by atoms with Crippen LogP contribution in [0.4, 0.5) is 0 Å². The molecule has 5 nitrogen and oxygen atoms in total. The molecule has 0 spiro atoms. The van der Waals surface area contributed by atoms with E-state index in [0.717, 1.165) is 32.5 Å². The number of amides is 1. The van der Waals surface area contributed by atoms with Gasteiger partial charge in [-0.05, 0) is 30.9 Å². The van der Waals surface area contributed by atoms with Crippen molar-refractivity contribution in [2.45, 2.75) is 19.4 Å². The highest BCUT2D eigenvalue weighted by Crippen LogP contribution is 2.21. The van der Waals surface area contributed by atoms with Crippen LogP contribution in [-0.2, 0) is 6.54 Å². The van der Waals surface area contributed by atoms with Crippen LogP contribution in [0, 0.1) is 17.2 Å². The zero-order chi connectivity index (χ0) is 15.4. The van der Waals surface area contributed by atoms with Crippen LogP contribution >= 0.6 is 0 Å². The van der Waals surface area contributed by atoms with E-state index >= 15 is 0 Å². The number of hydrogen-bond donors (Lipinski definition) is 0. The van der Waals surface area contributed by atoms with Crippen LogP contribution < -0.4 is 0 Å². The molecule has 3 rings (SSSR count). The molecule has 112 valence electrons. The first-order chi connectivity index (χ1) is 10.8. The van der Waals surface area contributed by atoms with Crippen LogP contribution in [0.1, 0.15) is 28.8 Å². The van der Waals surface area contributed by atoms with Gasteiger partial charge in [0, 0.05) is 32.0 Å². The Hall–Kier alpha value is -2.61. The minimum atomic E-state index is -0.0347. The van der Waals surface area contributed by atoms with Crippen molar-refractivity contribution in [1.29, 1.82) is 5.26 Å². The topological polar surface area (TPSA) is 61.9 Å². The average Bonchev–Trinajstić information content (AvgIpc) is 3.07. The monoisotopic (exact) mass is 294 g/mol. The molecule has 1 atom stereocenters. The quantitative estimate of drug-likeness (QED) is 0.872. The van der Waals surface area contributed by atoms with Crippen molar-refractivity contribution in [2.75, 3.05) is 13.1 Å². The molecule has 0 saturated carbocycles. The summed E-state index contributed by atoms with van der Waals surface area (Å²) in [6, 6.07) is 9.13. The maximum atomic E-state index is 12.7. The molecule has 0 bridgehead atoms. The molecule has 1 fully saturated rings. The number of benzene rings is 1. The first-order valence-electron chi connectivity index (χ1n) is 7.52. The summed E-state index contributed by atoms with van der Waals surface area (Å²) in [4.78, 5) is 18.6. The number of carbonyl (C=O) groups is 1. The zero-order valence-electron chi connectivity index (χ0n) is 12.4. The highest BCUT2D eigenvalue weighted by molar-refractivity contribution is 5.96. The summed E-state index contributed by atoms with van der Waals surface area (Å²) < 4.78 is 2.06. The third kappa shape index (κ3) is 3.01. The number of piperidine rings is 1. The van der Waals surface area contributed by atoms with Crippen LogP contribution in [0.5, 0.6) is 0 Å². The molecule has 0 unspecified atom stereocenters. The van der Waals surface area contributed by atoms with Crippen molar-refractivity contribution in [1.82, 2.24) is 14.5 Å². The fourth-order valence-electron chi connectivity index (χ4n) is 3.03. The van der Waals surface area contributed by atoms with Crippen molar-refractivity contribution >= 4 is 5.91 Å². The molecule has 0 N–H and O–H groups in total. The Morgan fingerprint density at radius 3 is 3.05 bits per heavy atom. The molecule has 22 heavy (non-hydrogen) atoms. The Kier molecular flexibility index (Phi) is 4.19. The largest absolute Gasteiger partial charge is 0.338 e. The van der Waals surface area contributed by atoms with Gasteiger partial charge in [-0.3, -0.25) is 4.79 Å². The third-order valence-electron chi connectivity index (χ3n) is 4.11. The maximum absolute atomic E-state index is 12.7. The number of aromatic nitrogens is 2. The molecule has 2 heterocycles. The van der Waals surface area contributed by atoms with Crippen LogP contribution in [0.25, 0.3) is 0 Å². The van der Waals surface area contributed by atoms with E-state index in [1.807, 2.05) is 17.4 Å². The standard InChI is InChI=1S/C17H18N4O/c18-10-15-5-1-2-6-16(15)17(22)21-8-3-4-14(12-21)11-20-9-7-19-13-20/h1-2,5-7,9,13-14H,3-4,8,11-12H2/t14-/m0/s1. The van der Waals surface area contributed by atoms with Crippen LogP contribution in [-0.4, -0.2) is 33.4 Å². The SMILES string of the molecule is N#Cc1ccccc1C(=O)N1CCC[C@@H](Cn2ccnc2)C1. The molecule has 2 aromatic rings. The van der Waals surface area contributed by atoms with E-state index in [2.05, 4.69) is 15.6 Å². The van der Waals surface area contributed by atoms with E-state index in [1.54, 1.807) is 30.5 Å². The number of imidazole rings is 1. The van der Waals surface area contributed by atoms with Crippen LogP contribution in [0.3, 0.4) is 0 Å². The van der Waals surface area contributed by atoms with Gasteiger partial charge in [-0.2, -0.15) is 5.26 Å². The molecule has 1 amide bonds. The normalized spacial score (nSPS) is 18.0.